The van der Waals surface area contributed by atoms with Gasteiger partial charge in [-0.25, -0.2) is 0 Å². The second-order valence-electron chi connectivity index (χ2n) is 0.750. The van der Waals surface area contributed by atoms with Crippen LogP contribution in [0.3, 0.4) is 0 Å². The van der Waals surface area contributed by atoms with Gasteiger partial charge < -0.3 is 0 Å². The molecule has 0 heteroatoms. The first kappa shape index (κ1) is 4.00. The van der Waals surface area contributed by atoms with Gasteiger partial charge in [-0.1, -0.05) is 0 Å². The summed E-state index contributed by atoms with van der Waals surface area (Å²) in [5.41, 5.74) is 0. The average Bonchev–Trinajstić information content (AvgIpc) is 1.46. The second kappa shape index (κ2) is 1.33. The van der Waals surface area contributed by atoms with Gasteiger partial charge in [0.25, 0.3) is 0 Å². The maximum absolute atomic E-state index is 3.00. The monoisotopic (exact) mass is 52.0 g/mol. The summed E-state index contributed by atoms with van der Waals surface area (Å²) in [7, 11) is 0. The van der Waals surface area contributed by atoms with Crippen LogP contribution < -0.4 is 0 Å². The largest absolute Gasteiger partial charge is 0.0459 e. The van der Waals surface area contributed by atoms with Crippen LogP contribution in [0, 0.1) is 13.8 Å². The Morgan fingerprint density at radius 2 is 1.50 bits per heavy atom. The Morgan fingerprint density at radius 3 is 1.50 bits per heavy atom. The molecule has 0 N–H and O–H groups in total. The summed E-state index contributed by atoms with van der Waals surface area (Å²) in [6.07, 6.45) is 5.50. The standard InChI is InChI=1S/C3H4.C/c1-2-3-1;/h1-2H2;. The Balaban J connectivity index is 0.0000000900. The van der Waals surface area contributed by atoms with E-state index in [1.54, 1.807) is 0 Å². The van der Waals surface area contributed by atoms with E-state index in [1.165, 1.54) is 12.8 Å². The molecule has 0 aliphatic heterocycles. The average molecular weight is 52.1 g/mol. The van der Waals surface area contributed by atoms with Gasteiger partial charge in [-0.2, -0.15) is 0 Å². The third kappa shape index (κ3) is 2.00. The van der Waals surface area contributed by atoms with Crippen molar-refractivity contribution in [3.63, 3.8) is 0 Å². The minimum absolute atomic E-state index is 0. The molecule has 0 spiro atoms. The summed E-state index contributed by atoms with van der Waals surface area (Å²) in [6, 6.07) is 0. The zero-order chi connectivity index (χ0) is 2.12. The highest BCUT2D eigenvalue weighted by atomic mass is 14.0. The van der Waals surface area contributed by atoms with Gasteiger partial charge in [-0.05, 0) is 19.3 Å². The molecule has 1 rings (SSSR count). The predicted molar refractivity (Wildman–Crippen MR) is 15.7 cm³/mol. The molecule has 0 aromatic rings. The van der Waals surface area contributed by atoms with Crippen LogP contribution in [-0.4, -0.2) is 0 Å². The number of hydrogen-bond donors (Lipinski definition) is 0. The summed E-state index contributed by atoms with van der Waals surface area (Å²) >= 11 is 0. The molecule has 0 bridgehead atoms. The Kier molecular flexibility index (Phi) is 1.33. The van der Waals surface area contributed by atoms with Crippen LogP contribution in [0.15, 0.2) is 0 Å². The third-order valence-corrected chi connectivity index (χ3v) is 0.250. The van der Waals surface area contributed by atoms with Gasteiger partial charge in [-0.3, -0.25) is 0 Å². The van der Waals surface area contributed by atoms with Crippen molar-refractivity contribution in [1.82, 2.24) is 0 Å². The molecule has 0 heterocycles. The second-order valence-corrected chi connectivity index (χ2v) is 0.750. The van der Waals surface area contributed by atoms with Gasteiger partial charge in [0.1, 0.15) is 0 Å². The minimum atomic E-state index is 0. The molecule has 20 valence electrons. The molecule has 4 heavy (non-hydrogen) atoms. The van der Waals surface area contributed by atoms with Gasteiger partial charge in [0, 0.05) is 7.43 Å². The SMILES string of the molecule is [C].[C]1CC1. The highest BCUT2D eigenvalue weighted by molar-refractivity contribution is 4.79. The van der Waals surface area contributed by atoms with E-state index in [4.69, 9.17) is 0 Å². The molecular formula is C4H4. The van der Waals surface area contributed by atoms with Crippen LogP contribution in [-0.2, 0) is 0 Å². The topological polar surface area (TPSA) is 0 Å². The quantitative estimate of drug-likeness (QED) is 0.385. The first-order valence-electron chi connectivity index (χ1n) is 1.21. The normalized spacial score (nSPS) is 18.0. The minimum Gasteiger partial charge on any atom is -0.0459 e. The summed E-state index contributed by atoms with van der Waals surface area (Å²) in [5.74, 6) is 0. The Labute approximate surface area is 27.8 Å². The molecule has 0 aromatic heterocycles. The first-order chi connectivity index (χ1) is 1.50. The summed E-state index contributed by atoms with van der Waals surface area (Å²) in [6.45, 7) is 0. The van der Waals surface area contributed by atoms with Crippen LogP contribution in [0.1, 0.15) is 12.8 Å². The molecule has 0 amide bonds. The van der Waals surface area contributed by atoms with Crippen molar-refractivity contribution >= 4 is 0 Å². The maximum Gasteiger partial charge on any atom is 0 e. The van der Waals surface area contributed by atoms with E-state index in [1.807, 2.05) is 0 Å². The van der Waals surface area contributed by atoms with Crippen molar-refractivity contribution in [1.29, 1.82) is 0 Å². The molecule has 0 saturated heterocycles. The predicted octanol–water partition coefficient (Wildman–Crippen LogP) is 0.943. The summed E-state index contributed by atoms with van der Waals surface area (Å²) in [5, 5.41) is 0. The van der Waals surface area contributed by atoms with E-state index in [2.05, 4.69) is 6.42 Å². The zero-order valence-corrected chi connectivity index (χ0v) is 2.41. The third-order valence-electron chi connectivity index (χ3n) is 0.250. The molecule has 0 unspecified atom stereocenters. The van der Waals surface area contributed by atoms with Gasteiger partial charge in [-0.15, -0.1) is 0 Å². The number of hydrogen-bond acceptors (Lipinski definition) is 0. The van der Waals surface area contributed by atoms with E-state index in [0.717, 1.165) is 0 Å². The molecule has 0 aromatic carbocycles. The summed E-state index contributed by atoms with van der Waals surface area (Å²) in [4.78, 5) is 0. The molecule has 1 aliphatic carbocycles. The fourth-order valence-electron chi connectivity index (χ4n) is 0. The van der Waals surface area contributed by atoms with Crippen LogP contribution >= 0.6 is 0 Å². The maximum atomic E-state index is 3.00. The van der Waals surface area contributed by atoms with Crippen molar-refractivity contribution in [3.8, 4) is 0 Å². The van der Waals surface area contributed by atoms with E-state index in [-0.39, 0.29) is 7.43 Å². The molecule has 6 radical (unpaired) electrons. The molecule has 1 fully saturated rings. The molecular weight excluding hydrogens is 48.0 g/mol. The van der Waals surface area contributed by atoms with E-state index in [0.29, 0.717) is 0 Å². The van der Waals surface area contributed by atoms with Crippen LogP contribution in [0.5, 0.6) is 0 Å². The van der Waals surface area contributed by atoms with E-state index < -0.39 is 0 Å². The van der Waals surface area contributed by atoms with Gasteiger partial charge in [0.15, 0.2) is 0 Å². The lowest BCUT2D eigenvalue weighted by molar-refractivity contribution is 1.50. The lowest BCUT2D eigenvalue weighted by Crippen LogP contribution is -0.898. The van der Waals surface area contributed by atoms with Crippen LogP contribution in [0.25, 0.3) is 0 Å². The smallest absolute Gasteiger partial charge is 0 e. The van der Waals surface area contributed by atoms with Gasteiger partial charge in [0.05, 0.1) is 0 Å². The van der Waals surface area contributed by atoms with Crippen molar-refractivity contribution < 1.29 is 0 Å². The van der Waals surface area contributed by atoms with Crippen molar-refractivity contribution in [2.75, 3.05) is 0 Å². The molecule has 1 aliphatic rings. The lowest BCUT2D eigenvalue weighted by Gasteiger charge is -1.05. The van der Waals surface area contributed by atoms with Gasteiger partial charge in [0.2, 0.25) is 0 Å². The van der Waals surface area contributed by atoms with Crippen LogP contribution in [0.4, 0.5) is 0 Å². The Morgan fingerprint density at radius 1 is 1.25 bits per heavy atom. The van der Waals surface area contributed by atoms with E-state index >= 15 is 0 Å². The Hall–Kier alpha value is 0. The van der Waals surface area contributed by atoms with Crippen molar-refractivity contribution in [2.24, 2.45) is 0 Å². The van der Waals surface area contributed by atoms with E-state index in [9.17, 15) is 0 Å². The molecule has 0 nitrogen and oxygen atoms in total. The highest BCUT2D eigenvalue weighted by Crippen LogP contribution is 2.12. The summed E-state index contributed by atoms with van der Waals surface area (Å²) < 4.78 is 0. The molecule has 0 atom stereocenters. The first-order valence-corrected chi connectivity index (χ1v) is 1.21. The Bertz CT molecular complexity index is 4.75. The number of rotatable bonds is 0. The van der Waals surface area contributed by atoms with Crippen molar-refractivity contribution in [2.45, 2.75) is 12.8 Å². The van der Waals surface area contributed by atoms with Gasteiger partial charge >= 0.3 is 0 Å². The van der Waals surface area contributed by atoms with Crippen molar-refractivity contribution in [3.05, 3.63) is 13.8 Å². The van der Waals surface area contributed by atoms with Crippen LogP contribution in [0.2, 0.25) is 0 Å². The fourth-order valence-corrected chi connectivity index (χ4v) is 0. The lowest BCUT2D eigenvalue weighted by atomic mass is 11.0. The zero-order valence-electron chi connectivity index (χ0n) is 2.41. The fraction of sp³-hybridized carbons (Fsp3) is 0.500. The highest BCUT2D eigenvalue weighted by Gasteiger charge is 1.96. The molecule has 1 saturated carbocycles.